The zero-order valence-corrected chi connectivity index (χ0v) is 11.7. The number of nitrogens with one attached hydrogen (secondary N) is 1. The average Bonchev–Trinajstić information content (AvgIpc) is 3.01. The second-order valence-corrected chi connectivity index (χ2v) is 5.45. The van der Waals surface area contributed by atoms with E-state index in [2.05, 4.69) is 54.2 Å². The van der Waals surface area contributed by atoms with Crippen LogP contribution in [0.2, 0.25) is 0 Å². The van der Waals surface area contributed by atoms with E-state index in [9.17, 15) is 0 Å². The Morgan fingerprint density at radius 3 is 2.74 bits per heavy atom. The van der Waals surface area contributed by atoms with E-state index in [1.807, 2.05) is 0 Å². The minimum atomic E-state index is 0.724. The van der Waals surface area contributed by atoms with Crippen LogP contribution < -0.4 is 5.32 Å². The molecule has 19 heavy (non-hydrogen) atoms. The van der Waals surface area contributed by atoms with Crippen LogP contribution in [-0.2, 0) is 6.54 Å². The molecule has 1 aromatic heterocycles. The maximum Gasteiger partial charge on any atom is 0.0674 e. The van der Waals surface area contributed by atoms with Crippen molar-refractivity contribution in [3.8, 4) is 11.1 Å². The first-order valence-corrected chi connectivity index (χ1v) is 7.06. The Kier molecular flexibility index (Phi) is 3.38. The lowest BCUT2D eigenvalue weighted by Crippen LogP contribution is -2.16. The predicted molar refractivity (Wildman–Crippen MR) is 78.1 cm³/mol. The van der Waals surface area contributed by atoms with Crippen LogP contribution in [0.4, 0.5) is 0 Å². The monoisotopic (exact) mass is 255 g/mol. The third kappa shape index (κ3) is 2.43. The van der Waals surface area contributed by atoms with E-state index in [0.29, 0.717) is 0 Å². The largest absolute Gasteiger partial charge is 0.316 e. The molecule has 0 saturated carbocycles. The smallest absolute Gasteiger partial charge is 0.0674 e. The molecular weight excluding hydrogens is 234 g/mol. The van der Waals surface area contributed by atoms with Crippen molar-refractivity contribution in [1.82, 2.24) is 15.1 Å². The summed E-state index contributed by atoms with van der Waals surface area (Å²) in [5.41, 5.74) is 4.99. The fraction of sp³-hybridized carbons (Fsp3) is 0.438. The van der Waals surface area contributed by atoms with Gasteiger partial charge in [-0.2, -0.15) is 5.10 Å². The summed E-state index contributed by atoms with van der Waals surface area (Å²) in [7, 11) is 0. The molecule has 1 N–H and O–H groups in total. The number of hydrogen-bond acceptors (Lipinski definition) is 2. The second-order valence-electron chi connectivity index (χ2n) is 5.45. The van der Waals surface area contributed by atoms with Gasteiger partial charge in [-0.25, -0.2) is 0 Å². The average molecular weight is 255 g/mol. The number of benzene rings is 1. The van der Waals surface area contributed by atoms with Crippen LogP contribution in [0.3, 0.4) is 0 Å². The van der Waals surface area contributed by atoms with Gasteiger partial charge in [0.1, 0.15) is 0 Å². The molecule has 3 nitrogen and oxygen atoms in total. The Morgan fingerprint density at radius 2 is 2.05 bits per heavy atom. The molecule has 2 heterocycles. The van der Waals surface area contributed by atoms with E-state index in [1.54, 1.807) is 0 Å². The van der Waals surface area contributed by atoms with Crippen molar-refractivity contribution in [3.63, 3.8) is 0 Å². The van der Waals surface area contributed by atoms with E-state index in [4.69, 9.17) is 5.10 Å². The second kappa shape index (κ2) is 5.17. The number of aromatic nitrogens is 2. The number of rotatable bonds is 3. The highest BCUT2D eigenvalue weighted by molar-refractivity contribution is 5.68. The van der Waals surface area contributed by atoms with E-state index in [0.717, 1.165) is 31.2 Å². The quantitative estimate of drug-likeness (QED) is 0.914. The molecule has 0 bridgehead atoms. The molecule has 0 aliphatic carbocycles. The first-order valence-electron chi connectivity index (χ1n) is 7.06. The molecule has 100 valence electrons. The Labute approximate surface area is 114 Å². The van der Waals surface area contributed by atoms with Crippen molar-refractivity contribution >= 4 is 0 Å². The number of aryl methyl sites for hydroxylation is 1. The molecule has 1 aromatic carbocycles. The van der Waals surface area contributed by atoms with Gasteiger partial charge in [-0.05, 0) is 44.8 Å². The molecule has 1 unspecified atom stereocenters. The molecule has 3 heteroatoms. The van der Waals surface area contributed by atoms with Gasteiger partial charge in [0, 0.05) is 17.8 Å². The lowest BCUT2D eigenvalue weighted by atomic mass is 10.0. The van der Waals surface area contributed by atoms with Crippen LogP contribution in [0.25, 0.3) is 11.1 Å². The van der Waals surface area contributed by atoms with Crippen LogP contribution in [0.1, 0.15) is 17.8 Å². The summed E-state index contributed by atoms with van der Waals surface area (Å²) in [5.74, 6) is 0.724. The van der Waals surface area contributed by atoms with Crippen molar-refractivity contribution in [2.45, 2.75) is 26.8 Å². The molecular formula is C16H21N3. The molecule has 0 radical (unpaired) electrons. The first kappa shape index (κ1) is 12.4. The fourth-order valence-corrected chi connectivity index (χ4v) is 3.01. The van der Waals surface area contributed by atoms with E-state index in [1.165, 1.54) is 23.2 Å². The standard InChI is InChI=1S/C16H21N3/c1-12-16(15-6-4-3-5-7-15)13(2)19(18-12)11-14-8-9-17-10-14/h3-7,14,17H,8-11H2,1-2H3. The first-order chi connectivity index (χ1) is 9.25. The van der Waals surface area contributed by atoms with Crippen molar-refractivity contribution in [1.29, 1.82) is 0 Å². The Bertz CT molecular complexity index is 551. The Morgan fingerprint density at radius 1 is 1.26 bits per heavy atom. The molecule has 3 rings (SSSR count). The molecule has 1 fully saturated rings. The fourth-order valence-electron chi connectivity index (χ4n) is 3.01. The molecule has 1 aliphatic rings. The molecule has 1 saturated heterocycles. The van der Waals surface area contributed by atoms with Gasteiger partial charge in [0.05, 0.1) is 5.69 Å². The van der Waals surface area contributed by atoms with E-state index in [-0.39, 0.29) is 0 Å². The molecule has 0 amide bonds. The minimum absolute atomic E-state index is 0.724. The van der Waals surface area contributed by atoms with Crippen LogP contribution in [-0.4, -0.2) is 22.9 Å². The molecule has 1 aliphatic heterocycles. The van der Waals surface area contributed by atoms with E-state index >= 15 is 0 Å². The van der Waals surface area contributed by atoms with Crippen LogP contribution in [0, 0.1) is 19.8 Å². The summed E-state index contributed by atoms with van der Waals surface area (Å²) in [5, 5.41) is 8.16. The zero-order chi connectivity index (χ0) is 13.2. The van der Waals surface area contributed by atoms with Gasteiger partial charge >= 0.3 is 0 Å². The SMILES string of the molecule is Cc1nn(CC2CCNC2)c(C)c1-c1ccccc1. The van der Waals surface area contributed by atoms with Gasteiger partial charge < -0.3 is 5.32 Å². The van der Waals surface area contributed by atoms with E-state index < -0.39 is 0 Å². The highest BCUT2D eigenvalue weighted by atomic mass is 15.3. The molecule has 2 aromatic rings. The summed E-state index contributed by atoms with van der Waals surface area (Å²) in [6.45, 7) is 7.60. The Hall–Kier alpha value is -1.61. The van der Waals surface area contributed by atoms with Crippen LogP contribution >= 0.6 is 0 Å². The predicted octanol–water partition coefficient (Wildman–Crippen LogP) is 2.78. The van der Waals surface area contributed by atoms with Gasteiger partial charge in [0.15, 0.2) is 0 Å². The zero-order valence-electron chi connectivity index (χ0n) is 11.7. The van der Waals surface area contributed by atoms with Gasteiger partial charge in [-0.15, -0.1) is 0 Å². The van der Waals surface area contributed by atoms with Crippen molar-refractivity contribution in [2.24, 2.45) is 5.92 Å². The highest BCUT2D eigenvalue weighted by Gasteiger charge is 2.19. The lowest BCUT2D eigenvalue weighted by molar-refractivity contribution is 0.441. The third-order valence-corrected chi connectivity index (χ3v) is 4.04. The maximum absolute atomic E-state index is 4.74. The van der Waals surface area contributed by atoms with Gasteiger partial charge in [0.2, 0.25) is 0 Å². The maximum atomic E-state index is 4.74. The highest BCUT2D eigenvalue weighted by Crippen LogP contribution is 2.27. The van der Waals surface area contributed by atoms with Crippen molar-refractivity contribution in [3.05, 3.63) is 41.7 Å². The van der Waals surface area contributed by atoms with Gasteiger partial charge in [-0.3, -0.25) is 4.68 Å². The third-order valence-electron chi connectivity index (χ3n) is 4.04. The summed E-state index contributed by atoms with van der Waals surface area (Å²) in [4.78, 5) is 0. The van der Waals surface area contributed by atoms with Gasteiger partial charge in [0.25, 0.3) is 0 Å². The lowest BCUT2D eigenvalue weighted by Gasteiger charge is -2.10. The Balaban J connectivity index is 1.91. The summed E-state index contributed by atoms with van der Waals surface area (Å²) < 4.78 is 2.19. The molecule has 0 spiro atoms. The van der Waals surface area contributed by atoms with Crippen LogP contribution in [0.15, 0.2) is 30.3 Å². The molecule has 1 atom stereocenters. The van der Waals surface area contributed by atoms with Crippen molar-refractivity contribution < 1.29 is 0 Å². The van der Waals surface area contributed by atoms with Crippen LogP contribution in [0.5, 0.6) is 0 Å². The number of hydrogen-bond donors (Lipinski definition) is 1. The normalized spacial score (nSPS) is 18.9. The van der Waals surface area contributed by atoms with Gasteiger partial charge in [-0.1, -0.05) is 30.3 Å². The number of nitrogens with zero attached hydrogens (tertiary/aromatic N) is 2. The topological polar surface area (TPSA) is 29.9 Å². The minimum Gasteiger partial charge on any atom is -0.316 e. The van der Waals surface area contributed by atoms with Crippen molar-refractivity contribution in [2.75, 3.05) is 13.1 Å². The summed E-state index contributed by atoms with van der Waals surface area (Å²) in [6.07, 6.45) is 1.26. The summed E-state index contributed by atoms with van der Waals surface area (Å²) >= 11 is 0. The summed E-state index contributed by atoms with van der Waals surface area (Å²) in [6, 6.07) is 10.6.